The van der Waals surface area contributed by atoms with Gasteiger partial charge in [-0.15, -0.1) is 0 Å². The molecule has 0 atom stereocenters. The Balaban J connectivity index is 2.25. The molecule has 2 aromatic carbocycles. The minimum atomic E-state index is -3.76. The van der Waals surface area contributed by atoms with Gasteiger partial charge in [-0.05, 0) is 42.3 Å². The van der Waals surface area contributed by atoms with Gasteiger partial charge in [-0.2, -0.15) is 5.26 Å². The van der Waals surface area contributed by atoms with Gasteiger partial charge in [0, 0.05) is 6.54 Å². The van der Waals surface area contributed by atoms with Crippen LogP contribution in [0.25, 0.3) is 0 Å². The molecule has 0 saturated carbocycles. The fraction of sp³-hybridized carbons (Fsp3) is 0.133. The van der Waals surface area contributed by atoms with Crippen LogP contribution in [0.15, 0.2) is 47.4 Å². The number of aryl methyl sites for hydroxylation is 1. The number of hydrogen-bond acceptors (Lipinski definition) is 3. The molecule has 2 rings (SSSR count). The third kappa shape index (κ3) is 3.66. The first kappa shape index (κ1) is 15.2. The fourth-order valence-electron chi connectivity index (χ4n) is 1.86. The van der Waals surface area contributed by atoms with Gasteiger partial charge in [0.15, 0.2) is 0 Å². The molecular weight excluding hydrogens is 291 g/mol. The third-order valence-electron chi connectivity index (χ3n) is 2.96. The Hall–Kier alpha value is -2.23. The van der Waals surface area contributed by atoms with E-state index in [2.05, 4.69) is 4.72 Å². The summed E-state index contributed by atoms with van der Waals surface area (Å²) in [5.74, 6) is -0.422. The van der Waals surface area contributed by atoms with Gasteiger partial charge >= 0.3 is 0 Å². The molecule has 0 bridgehead atoms. The normalized spacial score (nSPS) is 11.1. The lowest BCUT2D eigenvalue weighted by Crippen LogP contribution is -2.24. The molecule has 0 spiro atoms. The molecule has 4 nitrogen and oxygen atoms in total. The molecule has 0 aliphatic carbocycles. The minimum Gasteiger partial charge on any atom is -0.207 e. The van der Waals surface area contributed by atoms with Crippen LogP contribution in [-0.2, 0) is 16.6 Å². The largest absolute Gasteiger partial charge is 0.241 e. The zero-order chi connectivity index (χ0) is 15.5. The topological polar surface area (TPSA) is 70.0 Å². The van der Waals surface area contributed by atoms with E-state index in [1.807, 2.05) is 6.07 Å². The number of rotatable bonds is 4. The molecule has 2 aromatic rings. The van der Waals surface area contributed by atoms with E-state index in [1.165, 1.54) is 24.3 Å². The van der Waals surface area contributed by atoms with Gasteiger partial charge in [0.1, 0.15) is 5.82 Å². The number of nitrogens with one attached hydrogen (secondary N) is 1. The van der Waals surface area contributed by atoms with Gasteiger partial charge in [0.25, 0.3) is 0 Å². The van der Waals surface area contributed by atoms with Gasteiger partial charge in [0.2, 0.25) is 10.0 Å². The molecule has 0 saturated heterocycles. The monoisotopic (exact) mass is 304 g/mol. The van der Waals surface area contributed by atoms with Crippen LogP contribution in [0.3, 0.4) is 0 Å². The molecule has 0 aliphatic heterocycles. The molecule has 0 aromatic heterocycles. The molecule has 0 amide bonds. The van der Waals surface area contributed by atoms with E-state index in [0.29, 0.717) is 11.1 Å². The standard InChI is InChI=1S/C15H13FN2O2S/c1-11-5-6-12(9-17)8-15(11)21(19,20)18-10-13-3-2-4-14(16)7-13/h2-8,18H,10H2,1H3. The van der Waals surface area contributed by atoms with E-state index in [1.54, 1.807) is 25.1 Å². The van der Waals surface area contributed by atoms with Gasteiger partial charge < -0.3 is 0 Å². The Kier molecular flexibility index (Phi) is 4.36. The van der Waals surface area contributed by atoms with E-state index in [4.69, 9.17) is 5.26 Å². The van der Waals surface area contributed by atoms with Gasteiger partial charge in [-0.3, -0.25) is 0 Å². The Labute approximate surface area is 122 Å². The van der Waals surface area contributed by atoms with E-state index in [0.717, 1.165) is 0 Å². The van der Waals surface area contributed by atoms with Crippen molar-refractivity contribution in [2.45, 2.75) is 18.4 Å². The first-order valence-electron chi connectivity index (χ1n) is 6.17. The van der Waals surface area contributed by atoms with Crippen molar-refractivity contribution in [3.05, 3.63) is 65.0 Å². The summed E-state index contributed by atoms with van der Waals surface area (Å²) in [7, 11) is -3.76. The molecule has 108 valence electrons. The second kappa shape index (κ2) is 6.04. The molecular formula is C15H13FN2O2S. The molecule has 1 N–H and O–H groups in total. The fourth-order valence-corrected chi connectivity index (χ4v) is 3.15. The first-order valence-corrected chi connectivity index (χ1v) is 7.65. The van der Waals surface area contributed by atoms with Crippen molar-refractivity contribution < 1.29 is 12.8 Å². The van der Waals surface area contributed by atoms with Gasteiger partial charge in [0.05, 0.1) is 16.5 Å². The van der Waals surface area contributed by atoms with Crippen molar-refractivity contribution in [2.24, 2.45) is 0 Å². The first-order chi connectivity index (χ1) is 9.92. The van der Waals surface area contributed by atoms with Crippen molar-refractivity contribution in [3.63, 3.8) is 0 Å². The lowest BCUT2D eigenvalue weighted by Gasteiger charge is -2.09. The van der Waals surface area contributed by atoms with E-state index in [-0.39, 0.29) is 17.0 Å². The SMILES string of the molecule is Cc1ccc(C#N)cc1S(=O)(=O)NCc1cccc(F)c1. The number of sulfonamides is 1. The van der Waals surface area contributed by atoms with Crippen LogP contribution in [0.5, 0.6) is 0 Å². The van der Waals surface area contributed by atoms with Crippen LogP contribution < -0.4 is 4.72 Å². The van der Waals surface area contributed by atoms with E-state index < -0.39 is 15.8 Å². The van der Waals surface area contributed by atoms with Crippen LogP contribution in [0.1, 0.15) is 16.7 Å². The minimum absolute atomic E-state index is 0.0175. The summed E-state index contributed by atoms with van der Waals surface area (Å²) < 4.78 is 40.0. The summed E-state index contributed by atoms with van der Waals surface area (Å²) in [6.45, 7) is 1.63. The summed E-state index contributed by atoms with van der Waals surface area (Å²) in [5, 5.41) is 8.85. The predicted molar refractivity (Wildman–Crippen MR) is 76.3 cm³/mol. The zero-order valence-electron chi connectivity index (χ0n) is 11.3. The average molecular weight is 304 g/mol. The lowest BCUT2D eigenvalue weighted by molar-refractivity contribution is 0.579. The molecule has 21 heavy (non-hydrogen) atoms. The summed E-state index contributed by atoms with van der Waals surface area (Å²) in [5.41, 5.74) is 1.33. The molecule has 6 heteroatoms. The van der Waals surface area contributed by atoms with Crippen LogP contribution >= 0.6 is 0 Å². The van der Waals surface area contributed by atoms with Crippen LogP contribution in [0, 0.1) is 24.1 Å². The molecule has 0 fully saturated rings. The average Bonchev–Trinajstić information content (AvgIpc) is 2.46. The Morgan fingerprint density at radius 2 is 2.00 bits per heavy atom. The van der Waals surface area contributed by atoms with Crippen molar-refractivity contribution in [2.75, 3.05) is 0 Å². The number of nitrogens with zero attached hydrogens (tertiary/aromatic N) is 1. The van der Waals surface area contributed by atoms with Crippen LogP contribution in [0.4, 0.5) is 4.39 Å². The van der Waals surface area contributed by atoms with Crippen LogP contribution in [0.2, 0.25) is 0 Å². The Morgan fingerprint density at radius 1 is 1.24 bits per heavy atom. The highest BCUT2D eigenvalue weighted by molar-refractivity contribution is 7.89. The number of nitriles is 1. The smallest absolute Gasteiger partial charge is 0.207 e. The molecule has 0 aliphatic rings. The Morgan fingerprint density at radius 3 is 2.67 bits per heavy atom. The van der Waals surface area contributed by atoms with Crippen LogP contribution in [-0.4, -0.2) is 8.42 Å². The number of hydrogen-bond donors (Lipinski definition) is 1. The highest BCUT2D eigenvalue weighted by Crippen LogP contribution is 2.17. The highest BCUT2D eigenvalue weighted by atomic mass is 32.2. The summed E-state index contributed by atoms with van der Waals surface area (Å²) in [6.07, 6.45) is 0. The van der Waals surface area contributed by atoms with Crippen molar-refractivity contribution in [1.29, 1.82) is 5.26 Å². The molecule has 0 radical (unpaired) electrons. The van der Waals surface area contributed by atoms with Gasteiger partial charge in [-0.25, -0.2) is 17.5 Å². The quantitative estimate of drug-likeness (QED) is 0.943. The summed E-state index contributed by atoms with van der Waals surface area (Å²) in [6, 6.07) is 12.1. The summed E-state index contributed by atoms with van der Waals surface area (Å²) in [4.78, 5) is 0.0537. The summed E-state index contributed by atoms with van der Waals surface area (Å²) >= 11 is 0. The zero-order valence-corrected chi connectivity index (χ0v) is 12.1. The maximum Gasteiger partial charge on any atom is 0.241 e. The lowest BCUT2D eigenvalue weighted by atomic mass is 10.2. The molecule has 0 heterocycles. The predicted octanol–water partition coefficient (Wildman–Crippen LogP) is 2.48. The highest BCUT2D eigenvalue weighted by Gasteiger charge is 2.17. The third-order valence-corrected chi connectivity index (χ3v) is 4.51. The van der Waals surface area contributed by atoms with E-state index >= 15 is 0 Å². The van der Waals surface area contributed by atoms with Crippen molar-refractivity contribution in [1.82, 2.24) is 4.72 Å². The number of benzene rings is 2. The molecule has 0 unspecified atom stereocenters. The maximum absolute atomic E-state index is 13.1. The van der Waals surface area contributed by atoms with Gasteiger partial charge in [-0.1, -0.05) is 18.2 Å². The Bertz CT molecular complexity index is 811. The van der Waals surface area contributed by atoms with Crippen molar-refractivity contribution in [3.8, 4) is 6.07 Å². The maximum atomic E-state index is 13.1. The van der Waals surface area contributed by atoms with Crippen molar-refractivity contribution >= 4 is 10.0 Å². The second-order valence-corrected chi connectivity index (χ2v) is 6.28. The number of halogens is 1. The van der Waals surface area contributed by atoms with E-state index in [9.17, 15) is 12.8 Å². The second-order valence-electron chi connectivity index (χ2n) is 4.55.